The summed E-state index contributed by atoms with van der Waals surface area (Å²) in [5.41, 5.74) is 6.81. The molecule has 4 N–H and O–H groups in total. The maximum Gasteiger partial charge on any atom is 0.328 e. The van der Waals surface area contributed by atoms with Gasteiger partial charge in [-0.3, -0.25) is 0 Å². The van der Waals surface area contributed by atoms with Gasteiger partial charge in [-0.25, -0.2) is 9.59 Å². The summed E-state index contributed by atoms with van der Waals surface area (Å²) in [6.07, 6.45) is 1.89. The van der Waals surface area contributed by atoms with E-state index in [0.29, 0.717) is 18.7 Å². The maximum atomic E-state index is 9.55. The van der Waals surface area contributed by atoms with Crippen molar-refractivity contribution < 1.29 is 29.3 Å². The van der Waals surface area contributed by atoms with Crippen molar-refractivity contribution in [1.29, 1.82) is 0 Å². The molecule has 2 rings (SSSR count). The van der Waals surface area contributed by atoms with Crippen LogP contribution in [0.25, 0.3) is 0 Å². The van der Waals surface area contributed by atoms with Crippen molar-refractivity contribution in [3.63, 3.8) is 0 Å². The average molecular weight is 373 g/mol. The molecule has 0 heterocycles. The van der Waals surface area contributed by atoms with Crippen LogP contribution in [0.15, 0.2) is 66.7 Å². The molecule has 0 aliphatic heterocycles. The highest BCUT2D eigenvalue weighted by atomic mass is 16.5. The second-order valence-electron chi connectivity index (χ2n) is 5.28. The van der Waals surface area contributed by atoms with Gasteiger partial charge in [0.25, 0.3) is 0 Å². The highest BCUT2D eigenvalue weighted by molar-refractivity contribution is 5.89. The van der Waals surface area contributed by atoms with Crippen molar-refractivity contribution in [2.24, 2.45) is 5.73 Å². The quantitative estimate of drug-likeness (QED) is 0.609. The van der Waals surface area contributed by atoms with Gasteiger partial charge in [-0.05, 0) is 36.4 Å². The Kier molecular flexibility index (Phi) is 9.74. The zero-order valence-electron chi connectivity index (χ0n) is 14.9. The lowest BCUT2D eigenvalue weighted by Gasteiger charge is -2.19. The first kappa shape index (κ1) is 21.7. The van der Waals surface area contributed by atoms with Gasteiger partial charge >= 0.3 is 11.9 Å². The summed E-state index contributed by atoms with van der Waals surface area (Å²) >= 11 is 0. The van der Waals surface area contributed by atoms with Crippen LogP contribution < -0.4 is 15.2 Å². The lowest BCUT2D eigenvalue weighted by molar-refractivity contribution is -0.134. The van der Waals surface area contributed by atoms with Crippen LogP contribution in [-0.2, 0) is 9.59 Å². The van der Waals surface area contributed by atoms with Gasteiger partial charge in [0.05, 0.1) is 7.11 Å². The average Bonchev–Trinajstić information content (AvgIpc) is 2.68. The molecule has 7 nitrogen and oxygen atoms in total. The van der Waals surface area contributed by atoms with Crippen molar-refractivity contribution >= 4 is 11.9 Å². The summed E-state index contributed by atoms with van der Waals surface area (Å²) in [6, 6.07) is 17.7. The van der Waals surface area contributed by atoms with E-state index in [-0.39, 0.29) is 6.10 Å². The maximum absolute atomic E-state index is 9.55. The number of methoxy groups -OCH3 is 1. The number of hydrogen-bond donors (Lipinski definition) is 3. The topological polar surface area (TPSA) is 119 Å². The van der Waals surface area contributed by atoms with Gasteiger partial charge in [0.1, 0.15) is 17.6 Å². The van der Waals surface area contributed by atoms with E-state index in [4.69, 9.17) is 25.4 Å². The van der Waals surface area contributed by atoms with E-state index in [1.165, 1.54) is 0 Å². The van der Waals surface area contributed by atoms with Gasteiger partial charge in [-0.15, -0.1) is 0 Å². The molecule has 0 radical (unpaired) electrons. The predicted molar refractivity (Wildman–Crippen MR) is 101 cm³/mol. The number of ether oxygens (including phenoxy) is 2. The zero-order valence-corrected chi connectivity index (χ0v) is 14.9. The molecular formula is C20H23NO6. The third kappa shape index (κ3) is 9.08. The monoisotopic (exact) mass is 373 g/mol. The molecule has 0 aliphatic rings. The molecule has 0 saturated carbocycles. The van der Waals surface area contributed by atoms with E-state index in [2.05, 4.69) is 12.1 Å². The Balaban J connectivity index is 0.000000387. The largest absolute Gasteiger partial charge is 0.497 e. The number of aliphatic carboxylic acids is 2. The molecule has 0 aliphatic carbocycles. The second-order valence-corrected chi connectivity index (χ2v) is 5.28. The number of carboxylic acids is 2. The molecular weight excluding hydrogens is 350 g/mol. The van der Waals surface area contributed by atoms with Gasteiger partial charge in [-0.1, -0.05) is 30.3 Å². The number of rotatable bonds is 8. The van der Waals surface area contributed by atoms with Crippen molar-refractivity contribution in [3.05, 3.63) is 72.3 Å². The van der Waals surface area contributed by atoms with Gasteiger partial charge in [-0.2, -0.15) is 0 Å². The summed E-state index contributed by atoms with van der Waals surface area (Å²) in [4.78, 5) is 19.1. The summed E-state index contributed by atoms with van der Waals surface area (Å²) in [7, 11) is 1.65. The molecule has 0 spiro atoms. The number of nitrogens with two attached hydrogens (primary N) is 1. The molecule has 0 aromatic heterocycles. The molecule has 27 heavy (non-hydrogen) atoms. The van der Waals surface area contributed by atoms with Crippen LogP contribution in [0.1, 0.15) is 18.1 Å². The van der Waals surface area contributed by atoms with Crippen LogP contribution in [0.2, 0.25) is 0 Å². The van der Waals surface area contributed by atoms with Crippen molar-refractivity contribution in [2.75, 3.05) is 13.7 Å². The minimum atomic E-state index is -1.26. The van der Waals surface area contributed by atoms with Crippen LogP contribution in [-0.4, -0.2) is 35.8 Å². The fraction of sp³-hybridized carbons (Fsp3) is 0.200. The molecule has 0 bridgehead atoms. The van der Waals surface area contributed by atoms with E-state index in [1.807, 2.05) is 42.5 Å². The normalized spacial score (nSPS) is 11.2. The number of benzene rings is 2. The highest BCUT2D eigenvalue weighted by Gasteiger charge is 2.12. The lowest BCUT2D eigenvalue weighted by Crippen LogP contribution is -2.13. The predicted octanol–water partition coefficient (Wildman–Crippen LogP) is 2.88. The van der Waals surface area contributed by atoms with Crippen LogP contribution in [0, 0.1) is 0 Å². The van der Waals surface area contributed by atoms with Crippen molar-refractivity contribution in [2.45, 2.75) is 12.5 Å². The Morgan fingerprint density at radius 1 is 0.963 bits per heavy atom. The van der Waals surface area contributed by atoms with Gasteiger partial charge in [0.2, 0.25) is 0 Å². The van der Waals surface area contributed by atoms with Crippen LogP contribution in [0.3, 0.4) is 0 Å². The Morgan fingerprint density at radius 2 is 1.48 bits per heavy atom. The summed E-state index contributed by atoms with van der Waals surface area (Å²) < 4.78 is 11.1. The smallest absolute Gasteiger partial charge is 0.328 e. The van der Waals surface area contributed by atoms with Crippen LogP contribution in [0.5, 0.6) is 11.5 Å². The standard InChI is InChI=1S/C16H19NO2.C4H4O4/c1-18-14-7-9-15(10-8-14)19-16(11-12-17)13-5-3-2-4-6-13;5-3(6)1-2-4(7)8/h2-10,16H,11-12,17H2,1H3;1-2H,(H,5,6)(H,7,8). The first-order chi connectivity index (χ1) is 13.0. The molecule has 0 saturated heterocycles. The van der Waals surface area contributed by atoms with E-state index < -0.39 is 11.9 Å². The molecule has 7 heteroatoms. The summed E-state index contributed by atoms with van der Waals surface area (Å²) in [5, 5.41) is 15.6. The van der Waals surface area contributed by atoms with Gasteiger partial charge < -0.3 is 25.4 Å². The van der Waals surface area contributed by atoms with E-state index in [0.717, 1.165) is 23.5 Å². The Hall–Kier alpha value is -3.32. The van der Waals surface area contributed by atoms with E-state index >= 15 is 0 Å². The van der Waals surface area contributed by atoms with Crippen LogP contribution >= 0.6 is 0 Å². The SMILES string of the molecule is COc1ccc(OC(CCN)c2ccccc2)cc1.O=C(O)C=CC(=O)O. The Morgan fingerprint density at radius 3 is 1.93 bits per heavy atom. The lowest BCUT2D eigenvalue weighted by atomic mass is 10.1. The van der Waals surface area contributed by atoms with E-state index in [1.54, 1.807) is 7.11 Å². The Labute approximate surface area is 157 Å². The second kappa shape index (κ2) is 12.1. The fourth-order valence-corrected chi connectivity index (χ4v) is 2.07. The molecule has 0 amide bonds. The van der Waals surface area contributed by atoms with Crippen molar-refractivity contribution in [3.8, 4) is 11.5 Å². The summed E-state index contributed by atoms with van der Waals surface area (Å²) in [5.74, 6) is -0.870. The number of carboxylic acid groups (broad SMARTS) is 2. The van der Waals surface area contributed by atoms with Gasteiger partial charge in [0.15, 0.2) is 0 Å². The number of carbonyl (C=O) groups is 2. The molecule has 2 aromatic carbocycles. The summed E-state index contributed by atoms with van der Waals surface area (Å²) in [6.45, 7) is 0.593. The number of hydrogen-bond acceptors (Lipinski definition) is 5. The first-order valence-corrected chi connectivity index (χ1v) is 8.16. The van der Waals surface area contributed by atoms with Gasteiger partial charge in [0, 0.05) is 18.6 Å². The van der Waals surface area contributed by atoms with E-state index in [9.17, 15) is 9.59 Å². The molecule has 1 unspecified atom stereocenters. The fourth-order valence-electron chi connectivity index (χ4n) is 2.07. The third-order valence-electron chi connectivity index (χ3n) is 3.31. The zero-order chi connectivity index (χ0) is 20.1. The van der Waals surface area contributed by atoms with Crippen LogP contribution in [0.4, 0.5) is 0 Å². The molecule has 1 atom stereocenters. The first-order valence-electron chi connectivity index (χ1n) is 8.16. The highest BCUT2D eigenvalue weighted by Crippen LogP contribution is 2.25. The van der Waals surface area contributed by atoms with Crippen molar-refractivity contribution in [1.82, 2.24) is 0 Å². The molecule has 144 valence electrons. The Bertz CT molecular complexity index is 712. The third-order valence-corrected chi connectivity index (χ3v) is 3.31. The molecule has 2 aromatic rings. The minimum absolute atomic E-state index is 0.0143. The minimum Gasteiger partial charge on any atom is -0.497 e. The molecule has 0 fully saturated rings.